The van der Waals surface area contributed by atoms with E-state index >= 15 is 0 Å². The van der Waals surface area contributed by atoms with Gasteiger partial charge in [0.2, 0.25) is 0 Å². The van der Waals surface area contributed by atoms with Gasteiger partial charge in [0, 0.05) is 32.8 Å². The number of nitrogens with zero attached hydrogens (tertiary/aromatic N) is 1. The van der Waals surface area contributed by atoms with E-state index < -0.39 is 0 Å². The minimum Gasteiger partial charge on any atom is -0.383 e. The smallest absolute Gasteiger partial charge is 0.0589 e. The van der Waals surface area contributed by atoms with Crippen molar-refractivity contribution in [3.05, 3.63) is 0 Å². The molecule has 0 bridgehead atoms. The molecule has 1 N–H and O–H groups in total. The molecule has 0 aromatic carbocycles. The molecule has 0 saturated carbocycles. The van der Waals surface area contributed by atoms with Crippen LogP contribution in [-0.4, -0.2) is 50.8 Å². The van der Waals surface area contributed by atoms with E-state index in [2.05, 4.69) is 51.8 Å². The third kappa shape index (κ3) is 8.18. The van der Waals surface area contributed by atoms with Crippen LogP contribution in [0.25, 0.3) is 0 Å². The number of nitrogens with one attached hydrogen (secondary N) is 1. The first kappa shape index (κ1) is 20.9. The summed E-state index contributed by atoms with van der Waals surface area (Å²) in [4.78, 5) is 2.62. The molecule has 0 spiro atoms. The van der Waals surface area contributed by atoms with Gasteiger partial charge in [-0.15, -0.1) is 0 Å². The van der Waals surface area contributed by atoms with Crippen LogP contribution < -0.4 is 5.32 Å². The van der Waals surface area contributed by atoms with Gasteiger partial charge in [-0.25, -0.2) is 0 Å². The SMILES string of the molecule is CCC(C)N(CCOC)CC(CC)(CC)CNCC(C)C. The summed E-state index contributed by atoms with van der Waals surface area (Å²) < 4.78 is 5.30. The van der Waals surface area contributed by atoms with Crippen LogP contribution in [0.2, 0.25) is 0 Å². The van der Waals surface area contributed by atoms with Crippen LogP contribution in [0.3, 0.4) is 0 Å². The number of hydrogen-bond acceptors (Lipinski definition) is 3. The van der Waals surface area contributed by atoms with Crippen molar-refractivity contribution in [3.63, 3.8) is 0 Å². The molecule has 0 aromatic rings. The Balaban J connectivity index is 4.71. The van der Waals surface area contributed by atoms with Crippen LogP contribution in [0.5, 0.6) is 0 Å². The first-order chi connectivity index (χ1) is 9.94. The molecule has 0 aliphatic heterocycles. The molecule has 0 heterocycles. The van der Waals surface area contributed by atoms with Crippen molar-refractivity contribution in [3.8, 4) is 0 Å². The Morgan fingerprint density at radius 1 is 1.10 bits per heavy atom. The van der Waals surface area contributed by atoms with E-state index in [4.69, 9.17) is 4.74 Å². The second-order valence-corrected chi connectivity index (χ2v) is 6.95. The summed E-state index contributed by atoms with van der Waals surface area (Å²) in [7, 11) is 1.80. The third-order valence-electron chi connectivity index (χ3n) is 4.89. The van der Waals surface area contributed by atoms with E-state index in [9.17, 15) is 0 Å². The second kappa shape index (κ2) is 11.4. The Morgan fingerprint density at radius 2 is 1.71 bits per heavy atom. The fourth-order valence-electron chi connectivity index (χ4n) is 2.76. The van der Waals surface area contributed by atoms with Crippen molar-refractivity contribution in [2.75, 3.05) is 39.9 Å². The van der Waals surface area contributed by atoms with Crippen molar-refractivity contribution in [1.29, 1.82) is 0 Å². The lowest BCUT2D eigenvalue weighted by atomic mass is 9.81. The zero-order valence-corrected chi connectivity index (χ0v) is 15.7. The van der Waals surface area contributed by atoms with Gasteiger partial charge in [0.1, 0.15) is 0 Å². The zero-order chi connectivity index (χ0) is 16.3. The lowest BCUT2D eigenvalue weighted by molar-refractivity contribution is 0.0713. The van der Waals surface area contributed by atoms with E-state index in [0.29, 0.717) is 11.5 Å². The first-order valence-corrected chi connectivity index (χ1v) is 8.88. The van der Waals surface area contributed by atoms with Gasteiger partial charge in [-0.1, -0.05) is 34.6 Å². The molecule has 1 atom stereocenters. The summed E-state index contributed by atoms with van der Waals surface area (Å²) >= 11 is 0. The van der Waals surface area contributed by atoms with Gasteiger partial charge < -0.3 is 10.1 Å². The molecule has 1 unspecified atom stereocenters. The highest BCUT2D eigenvalue weighted by molar-refractivity contribution is 4.84. The normalized spacial score (nSPS) is 14.1. The highest BCUT2D eigenvalue weighted by Gasteiger charge is 2.29. The van der Waals surface area contributed by atoms with Crippen LogP contribution in [0.4, 0.5) is 0 Å². The molecule has 0 radical (unpaired) electrons. The Morgan fingerprint density at radius 3 is 2.14 bits per heavy atom. The third-order valence-corrected chi connectivity index (χ3v) is 4.89. The van der Waals surface area contributed by atoms with Crippen molar-refractivity contribution >= 4 is 0 Å². The summed E-state index contributed by atoms with van der Waals surface area (Å²) in [6.07, 6.45) is 3.66. The fourth-order valence-corrected chi connectivity index (χ4v) is 2.76. The number of ether oxygens (including phenoxy) is 1. The van der Waals surface area contributed by atoms with Gasteiger partial charge in [0.15, 0.2) is 0 Å². The summed E-state index contributed by atoms with van der Waals surface area (Å²) in [6.45, 7) is 19.1. The monoisotopic (exact) mass is 300 g/mol. The topological polar surface area (TPSA) is 24.5 Å². The van der Waals surface area contributed by atoms with E-state index in [1.165, 1.54) is 25.8 Å². The molecular formula is C18H40N2O. The molecule has 0 aromatic heterocycles. The van der Waals surface area contributed by atoms with Gasteiger partial charge >= 0.3 is 0 Å². The second-order valence-electron chi connectivity index (χ2n) is 6.95. The zero-order valence-electron chi connectivity index (χ0n) is 15.7. The highest BCUT2D eigenvalue weighted by atomic mass is 16.5. The predicted molar refractivity (Wildman–Crippen MR) is 93.9 cm³/mol. The average molecular weight is 301 g/mol. The Labute approximate surface area is 133 Å². The van der Waals surface area contributed by atoms with Gasteiger partial charge in [-0.05, 0) is 44.1 Å². The molecule has 0 rings (SSSR count). The molecule has 3 heteroatoms. The van der Waals surface area contributed by atoms with Crippen LogP contribution in [0, 0.1) is 11.3 Å². The summed E-state index contributed by atoms with van der Waals surface area (Å²) in [5.74, 6) is 0.718. The molecule has 0 aliphatic rings. The summed E-state index contributed by atoms with van der Waals surface area (Å²) in [6, 6.07) is 0.628. The largest absolute Gasteiger partial charge is 0.383 e. The van der Waals surface area contributed by atoms with Crippen molar-refractivity contribution < 1.29 is 4.74 Å². The summed E-state index contributed by atoms with van der Waals surface area (Å²) in [5.41, 5.74) is 0.381. The minimum absolute atomic E-state index is 0.381. The molecule has 3 nitrogen and oxygen atoms in total. The number of rotatable bonds is 13. The van der Waals surface area contributed by atoms with E-state index in [1.807, 2.05) is 0 Å². The molecule has 0 amide bonds. The number of methoxy groups -OCH3 is 1. The van der Waals surface area contributed by atoms with E-state index in [-0.39, 0.29) is 0 Å². The van der Waals surface area contributed by atoms with E-state index in [0.717, 1.165) is 32.2 Å². The van der Waals surface area contributed by atoms with Crippen LogP contribution in [-0.2, 0) is 4.74 Å². The lowest BCUT2D eigenvalue weighted by Gasteiger charge is -2.40. The molecule has 128 valence electrons. The quantitative estimate of drug-likeness (QED) is 0.560. The maximum atomic E-state index is 5.30. The Hall–Kier alpha value is -0.120. The van der Waals surface area contributed by atoms with Gasteiger partial charge in [0.25, 0.3) is 0 Å². The molecule has 0 aliphatic carbocycles. The van der Waals surface area contributed by atoms with Gasteiger partial charge in [-0.2, -0.15) is 0 Å². The van der Waals surface area contributed by atoms with Crippen molar-refractivity contribution in [2.45, 2.75) is 66.8 Å². The lowest BCUT2D eigenvalue weighted by Crippen LogP contribution is -2.48. The van der Waals surface area contributed by atoms with E-state index in [1.54, 1.807) is 7.11 Å². The Bertz CT molecular complexity index is 239. The maximum Gasteiger partial charge on any atom is 0.0589 e. The molecule has 0 saturated heterocycles. The molecular weight excluding hydrogens is 260 g/mol. The fraction of sp³-hybridized carbons (Fsp3) is 1.00. The van der Waals surface area contributed by atoms with Crippen molar-refractivity contribution in [2.24, 2.45) is 11.3 Å². The van der Waals surface area contributed by atoms with Crippen LogP contribution >= 0.6 is 0 Å². The van der Waals surface area contributed by atoms with Gasteiger partial charge in [-0.3, -0.25) is 4.90 Å². The summed E-state index contributed by atoms with van der Waals surface area (Å²) in [5, 5.41) is 3.69. The average Bonchev–Trinajstić information content (AvgIpc) is 2.48. The minimum atomic E-state index is 0.381. The highest BCUT2D eigenvalue weighted by Crippen LogP contribution is 2.28. The molecule has 21 heavy (non-hydrogen) atoms. The first-order valence-electron chi connectivity index (χ1n) is 8.88. The predicted octanol–water partition coefficient (Wildman–Crippen LogP) is 3.79. The number of hydrogen-bond donors (Lipinski definition) is 1. The van der Waals surface area contributed by atoms with Crippen LogP contribution in [0.15, 0.2) is 0 Å². The molecule has 0 fully saturated rings. The Kier molecular flexibility index (Phi) is 11.4. The standard InChI is InChI=1S/C18H40N2O/c1-8-17(6)20(11-12-21-7)15-18(9-2,10-3)14-19-13-16(4)5/h16-17,19H,8-15H2,1-7H3. The van der Waals surface area contributed by atoms with Crippen LogP contribution in [0.1, 0.15) is 60.8 Å². The maximum absolute atomic E-state index is 5.30. The van der Waals surface area contributed by atoms with Crippen molar-refractivity contribution in [1.82, 2.24) is 10.2 Å². The van der Waals surface area contributed by atoms with Gasteiger partial charge in [0.05, 0.1) is 6.61 Å².